The number of hydrogen-bond acceptors (Lipinski definition) is 7. The van der Waals surface area contributed by atoms with Crippen molar-refractivity contribution in [2.45, 2.75) is 57.8 Å². The summed E-state index contributed by atoms with van der Waals surface area (Å²) in [6.45, 7) is 2.98. The van der Waals surface area contributed by atoms with Crippen molar-refractivity contribution in [3.63, 3.8) is 0 Å². The molecule has 1 aliphatic rings. The molecule has 3 N–H and O–H groups in total. The monoisotopic (exact) mass is 528 g/mol. The summed E-state index contributed by atoms with van der Waals surface area (Å²) >= 11 is 5.81. The van der Waals surface area contributed by atoms with Crippen LogP contribution in [0.2, 0.25) is 5.02 Å². The van der Waals surface area contributed by atoms with Gasteiger partial charge in [0.25, 0.3) is 11.8 Å². The van der Waals surface area contributed by atoms with Gasteiger partial charge in [0, 0.05) is 31.4 Å². The first-order valence-electron chi connectivity index (χ1n) is 11.7. The average Bonchev–Trinajstić information content (AvgIpc) is 3.23. The molecule has 0 unspecified atom stereocenters. The highest BCUT2D eigenvalue weighted by Gasteiger charge is 2.29. The maximum absolute atomic E-state index is 13.3. The number of nitrogens with zero attached hydrogens (tertiary/aromatic N) is 4. The highest BCUT2D eigenvalue weighted by molar-refractivity contribution is 6.30. The molecule has 13 heteroatoms. The maximum atomic E-state index is 13.3. The van der Waals surface area contributed by atoms with E-state index in [-0.39, 0.29) is 36.4 Å². The van der Waals surface area contributed by atoms with E-state index in [2.05, 4.69) is 39.5 Å². The highest BCUT2D eigenvalue weighted by atomic mass is 35.5. The Kier molecular flexibility index (Phi) is 9.71. The van der Waals surface area contributed by atoms with E-state index in [0.29, 0.717) is 11.1 Å². The first kappa shape index (κ1) is 27.9. The Morgan fingerprint density at radius 1 is 1.31 bits per heavy atom. The number of aliphatic hydroxyl groups excluding tert-OH is 1. The van der Waals surface area contributed by atoms with Gasteiger partial charge in [-0.1, -0.05) is 11.6 Å². The summed E-state index contributed by atoms with van der Waals surface area (Å²) in [7, 11) is 0. The standard InChI is InChI=1S/C23H31ClF2N6O4/c1-15(2)31-7-5-17(6-8-31)28-22(35)19-9-18(12-36-14-23(25,26)13-33)30-32(19)11-21(34)29-20-4-3-16(24)10-27-20/h3-4,9-10,15,17,33H,5-8,11-14H2,1-2H3,(H,28,35)(H,27,29,34). The molecule has 0 aromatic carbocycles. The van der Waals surface area contributed by atoms with Crippen LogP contribution in [0.25, 0.3) is 0 Å². The summed E-state index contributed by atoms with van der Waals surface area (Å²) in [6.07, 6.45) is 2.95. The van der Waals surface area contributed by atoms with Gasteiger partial charge >= 0.3 is 0 Å². The molecule has 1 fully saturated rings. The molecule has 0 atom stereocenters. The van der Waals surface area contributed by atoms with Gasteiger partial charge in [-0.3, -0.25) is 14.3 Å². The molecular weight excluding hydrogens is 498 g/mol. The summed E-state index contributed by atoms with van der Waals surface area (Å²) < 4.78 is 32.7. The number of piperidine rings is 1. The molecule has 0 aliphatic carbocycles. The maximum Gasteiger partial charge on any atom is 0.293 e. The lowest BCUT2D eigenvalue weighted by atomic mass is 10.0. The number of hydrogen-bond donors (Lipinski definition) is 3. The first-order valence-corrected chi connectivity index (χ1v) is 12.0. The van der Waals surface area contributed by atoms with Gasteiger partial charge in [-0.2, -0.15) is 5.10 Å². The van der Waals surface area contributed by atoms with Gasteiger partial charge in [-0.25, -0.2) is 13.8 Å². The van der Waals surface area contributed by atoms with Crippen molar-refractivity contribution < 1.29 is 28.2 Å². The van der Waals surface area contributed by atoms with Gasteiger partial charge in [0.05, 0.1) is 17.3 Å². The van der Waals surface area contributed by atoms with E-state index in [1.165, 1.54) is 23.0 Å². The van der Waals surface area contributed by atoms with Crippen molar-refractivity contribution in [3.8, 4) is 0 Å². The van der Waals surface area contributed by atoms with Gasteiger partial charge in [0.2, 0.25) is 5.91 Å². The molecule has 10 nitrogen and oxygen atoms in total. The normalized spacial score (nSPS) is 15.3. The van der Waals surface area contributed by atoms with E-state index >= 15 is 0 Å². The van der Waals surface area contributed by atoms with Gasteiger partial charge < -0.3 is 25.4 Å². The molecule has 3 rings (SSSR count). The molecule has 1 saturated heterocycles. The molecule has 36 heavy (non-hydrogen) atoms. The molecular formula is C23H31ClF2N6O4. The zero-order valence-electron chi connectivity index (χ0n) is 20.2. The number of alkyl halides is 2. The number of halogens is 3. The summed E-state index contributed by atoms with van der Waals surface area (Å²) in [5.74, 6) is -4.03. The number of carbonyl (C=O) groups is 2. The van der Waals surface area contributed by atoms with E-state index < -0.39 is 31.0 Å². The third-order valence-corrected chi connectivity index (χ3v) is 5.96. The number of carbonyl (C=O) groups excluding carboxylic acids is 2. The fourth-order valence-corrected chi connectivity index (χ4v) is 3.89. The minimum atomic E-state index is -3.39. The van der Waals surface area contributed by atoms with Gasteiger partial charge in [0.15, 0.2) is 0 Å². The van der Waals surface area contributed by atoms with Crippen molar-refractivity contribution in [2.24, 2.45) is 0 Å². The number of nitrogens with one attached hydrogen (secondary N) is 2. The summed E-state index contributed by atoms with van der Waals surface area (Å²) in [4.78, 5) is 32.0. The summed E-state index contributed by atoms with van der Waals surface area (Å²) in [5, 5.41) is 18.9. The summed E-state index contributed by atoms with van der Waals surface area (Å²) in [5.41, 5.74) is 0.300. The molecule has 0 saturated carbocycles. The van der Waals surface area contributed by atoms with Crippen molar-refractivity contribution >= 4 is 29.2 Å². The second-order valence-corrected chi connectivity index (χ2v) is 9.41. The Morgan fingerprint density at radius 3 is 2.64 bits per heavy atom. The molecule has 0 radical (unpaired) electrons. The number of aliphatic hydroxyl groups is 1. The van der Waals surface area contributed by atoms with Gasteiger partial charge in [0.1, 0.15) is 31.3 Å². The molecule has 0 bridgehead atoms. The Balaban J connectivity index is 1.69. The number of anilines is 1. The van der Waals surface area contributed by atoms with Crippen LogP contribution >= 0.6 is 11.6 Å². The second-order valence-electron chi connectivity index (χ2n) is 8.97. The Hall–Kier alpha value is -2.67. The molecule has 2 aromatic heterocycles. The van der Waals surface area contributed by atoms with E-state index in [1.54, 1.807) is 6.07 Å². The quantitative estimate of drug-likeness (QED) is 0.409. The lowest BCUT2D eigenvalue weighted by Crippen LogP contribution is -2.47. The number of amides is 2. The lowest BCUT2D eigenvalue weighted by molar-refractivity contribution is -0.117. The second kappa shape index (κ2) is 12.5. The van der Waals surface area contributed by atoms with Crippen LogP contribution in [0.4, 0.5) is 14.6 Å². The van der Waals surface area contributed by atoms with Crippen molar-refractivity contribution in [3.05, 3.63) is 40.8 Å². The van der Waals surface area contributed by atoms with E-state index in [9.17, 15) is 18.4 Å². The van der Waals surface area contributed by atoms with Crippen LogP contribution in [0.15, 0.2) is 24.4 Å². The van der Waals surface area contributed by atoms with E-state index in [0.717, 1.165) is 25.9 Å². The van der Waals surface area contributed by atoms with Crippen LogP contribution in [0.5, 0.6) is 0 Å². The molecule has 0 spiro atoms. The van der Waals surface area contributed by atoms with Crippen molar-refractivity contribution in [1.29, 1.82) is 0 Å². The number of pyridine rings is 1. The van der Waals surface area contributed by atoms with Gasteiger partial charge in [-0.15, -0.1) is 0 Å². The van der Waals surface area contributed by atoms with E-state index in [1.807, 2.05) is 0 Å². The van der Waals surface area contributed by atoms with Crippen LogP contribution < -0.4 is 10.6 Å². The number of aromatic nitrogens is 3. The van der Waals surface area contributed by atoms with Crippen LogP contribution in [0.3, 0.4) is 0 Å². The van der Waals surface area contributed by atoms with Crippen LogP contribution in [0.1, 0.15) is 42.9 Å². The number of ether oxygens (including phenoxy) is 1. The summed E-state index contributed by atoms with van der Waals surface area (Å²) in [6, 6.07) is 4.90. The number of likely N-dealkylation sites (tertiary alicyclic amines) is 1. The van der Waals surface area contributed by atoms with Crippen molar-refractivity contribution in [1.82, 2.24) is 25.0 Å². The smallest absolute Gasteiger partial charge is 0.293 e. The molecule has 3 heterocycles. The highest BCUT2D eigenvalue weighted by Crippen LogP contribution is 2.16. The Bertz CT molecular complexity index is 1030. The third kappa shape index (κ3) is 8.19. The first-order chi connectivity index (χ1) is 17.1. The van der Waals surface area contributed by atoms with Crippen LogP contribution in [-0.2, 0) is 22.7 Å². The zero-order chi connectivity index (χ0) is 26.3. The molecule has 2 aromatic rings. The zero-order valence-corrected chi connectivity index (χ0v) is 21.0. The predicted molar refractivity (Wildman–Crippen MR) is 129 cm³/mol. The molecule has 198 valence electrons. The van der Waals surface area contributed by atoms with Crippen LogP contribution in [-0.4, -0.2) is 80.9 Å². The fraction of sp³-hybridized carbons (Fsp3) is 0.565. The topological polar surface area (TPSA) is 122 Å². The van der Waals surface area contributed by atoms with E-state index in [4.69, 9.17) is 21.4 Å². The average molecular weight is 529 g/mol. The Labute approximate surface area is 213 Å². The van der Waals surface area contributed by atoms with Crippen molar-refractivity contribution in [2.75, 3.05) is 31.6 Å². The molecule has 1 aliphatic heterocycles. The minimum Gasteiger partial charge on any atom is -0.390 e. The number of rotatable bonds is 11. The fourth-order valence-electron chi connectivity index (χ4n) is 3.78. The third-order valence-electron chi connectivity index (χ3n) is 5.74. The lowest BCUT2D eigenvalue weighted by Gasteiger charge is -2.34. The van der Waals surface area contributed by atoms with Gasteiger partial charge in [-0.05, 0) is 44.9 Å². The largest absolute Gasteiger partial charge is 0.390 e. The minimum absolute atomic E-state index is 0.0362. The Morgan fingerprint density at radius 2 is 2.03 bits per heavy atom. The van der Waals surface area contributed by atoms with Crippen LogP contribution in [0, 0.1) is 0 Å². The SMILES string of the molecule is CC(C)N1CCC(NC(=O)c2cc(COCC(F)(F)CO)nn2CC(=O)Nc2ccc(Cl)cn2)CC1. The predicted octanol–water partition coefficient (Wildman–Crippen LogP) is 2.32. The molecule has 2 amide bonds.